The highest BCUT2D eigenvalue weighted by atomic mass is 79.9. The van der Waals surface area contributed by atoms with Gasteiger partial charge in [-0.25, -0.2) is 0 Å². The second kappa shape index (κ2) is 6.38. The molecule has 1 aliphatic rings. The molecule has 0 atom stereocenters. The van der Waals surface area contributed by atoms with Crippen molar-refractivity contribution in [3.05, 3.63) is 95.1 Å². The fourth-order valence-corrected chi connectivity index (χ4v) is 4.54. The van der Waals surface area contributed by atoms with Crippen molar-refractivity contribution in [1.82, 2.24) is 0 Å². The van der Waals surface area contributed by atoms with Crippen LogP contribution in [0.2, 0.25) is 0 Å². The number of benzene rings is 3. The van der Waals surface area contributed by atoms with Crippen molar-refractivity contribution in [2.75, 3.05) is 0 Å². The summed E-state index contributed by atoms with van der Waals surface area (Å²) < 4.78 is 0. The molecule has 0 aliphatic carbocycles. The molecule has 1 aliphatic heterocycles. The molecule has 0 saturated carbocycles. The number of halogens is 1. The first kappa shape index (κ1) is 14.8. The van der Waals surface area contributed by atoms with Crippen LogP contribution in [-0.4, -0.2) is 0 Å². The van der Waals surface area contributed by atoms with Gasteiger partial charge in [0.25, 0.3) is 0 Å². The third-order valence-corrected chi connectivity index (χ3v) is 5.83. The minimum atomic E-state index is 0.867. The second-order valence-electron chi connectivity index (χ2n) is 5.48. The van der Waals surface area contributed by atoms with Gasteiger partial charge in [-0.2, -0.15) is 0 Å². The molecule has 23 heavy (non-hydrogen) atoms. The molecule has 0 nitrogen and oxygen atoms in total. The highest BCUT2D eigenvalue weighted by Gasteiger charge is 2.18. The van der Waals surface area contributed by atoms with E-state index in [1.807, 2.05) is 11.8 Å². The van der Waals surface area contributed by atoms with Crippen molar-refractivity contribution in [3.8, 4) is 0 Å². The molecule has 4 rings (SSSR count). The first-order valence-corrected chi connectivity index (χ1v) is 9.53. The van der Waals surface area contributed by atoms with Crippen molar-refractivity contribution >= 4 is 39.3 Å². The molecular weight excluding hydrogens is 364 g/mol. The Labute approximate surface area is 149 Å². The Kier molecular flexibility index (Phi) is 4.11. The monoisotopic (exact) mass is 378 g/mol. The summed E-state index contributed by atoms with van der Waals surface area (Å²) in [5.41, 5.74) is 6.51. The van der Waals surface area contributed by atoms with E-state index in [1.165, 1.54) is 37.6 Å². The van der Waals surface area contributed by atoms with Crippen LogP contribution >= 0.6 is 27.7 Å². The van der Waals surface area contributed by atoms with Crippen LogP contribution in [0.15, 0.2) is 82.6 Å². The lowest BCUT2D eigenvalue weighted by molar-refractivity contribution is 1.31. The first-order valence-electron chi connectivity index (χ1n) is 7.59. The number of fused-ring (bicyclic) bond motifs is 2. The summed E-state index contributed by atoms with van der Waals surface area (Å²) in [6, 6.07) is 25.9. The van der Waals surface area contributed by atoms with Crippen LogP contribution in [0.1, 0.15) is 22.3 Å². The van der Waals surface area contributed by atoms with Crippen LogP contribution in [0.5, 0.6) is 0 Å². The van der Waals surface area contributed by atoms with Gasteiger partial charge < -0.3 is 0 Å². The third-order valence-electron chi connectivity index (χ3n) is 4.07. The van der Waals surface area contributed by atoms with Crippen molar-refractivity contribution in [3.63, 3.8) is 0 Å². The SMILES string of the molecule is BrCc1cccc2c1C=C(c1ccccc1)c1ccccc1S2. The summed E-state index contributed by atoms with van der Waals surface area (Å²) in [6.07, 6.45) is 2.35. The van der Waals surface area contributed by atoms with E-state index in [2.05, 4.69) is 94.8 Å². The van der Waals surface area contributed by atoms with Crippen LogP contribution in [-0.2, 0) is 5.33 Å². The van der Waals surface area contributed by atoms with Crippen LogP contribution in [0.4, 0.5) is 0 Å². The van der Waals surface area contributed by atoms with Gasteiger partial charge in [-0.15, -0.1) is 0 Å². The van der Waals surface area contributed by atoms with Crippen molar-refractivity contribution in [2.24, 2.45) is 0 Å². The Morgan fingerprint density at radius 1 is 0.739 bits per heavy atom. The molecule has 1 heterocycles. The van der Waals surface area contributed by atoms with E-state index in [0.717, 1.165) is 5.33 Å². The van der Waals surface area contributed by atoms with Gasteiger partial charge in [-0.3, -0.25) is 0 Å². The Morgan fingerprint density at radius 2 is 1.48 bits per heavy atom. The van der Waals surface area contributed by atoms with Crippen LogP contribution in [0.25, 0.3) is 11.6 Å². The molecule has 0 saturated heterocycles. The molecular formula is C21H15BrS. The van der Waals surface area contributed by atoms with Gasteiger partial charge in [0.15, 0.2) is 0 Å². The number of hydrogen-bond donors (Lipinski definition) is 0. The normalized spacial score (nSPS) is 12.8. The summed E-state index contributed by atoms with van der Waals surface area (Å²) >= 11 is 5.49. The van der Waals surface area contributed by atoms with E-state index in [1.54, 1.807) is 0 Å². The highest BCUT2D eigenvalue weighted by Crippen LogP contribution is 2.43. The lowest BCUT2D eigenvalue weighted by atomic mass is 9.94. The molecule has 0 amide bonds. The molecule has 0 aromatic heterocycles. The van der Waals surface area contributed by atoms with E-state index in [9.17, 15) is 0 Å². The molecule has 0 bridgehead atoms. The molecule has 2 heteroatoms. The lowest BCUT2D eigenvalue weighted by Crippen LogP contribution is -1.90. The molecule has 3 aromatic rings. The summed E-state index contributed by atoms with van der Waals surface area (Å²) in [4.78, 5) is 2.63. The largest absolute Gasteiger partial charge is 0.0888 e. The average molecular weight is 379 g/mol. The maximum Gasteiger partial charge on any atom is 0.0289 e. The summed E-state index contributed by atoms with van der Waals surface area (Å²) in [5.74, 6) is 0. The standard InChI is InChI=1S/C21H15BrS/c22-14-16-9-6-12-21-19(16)13-18(15-7-2-1-3-8-15)17-10-4-5-11-20(17)23-21/h1-13H,14H2. The van der Waals surface area contributed by atoms with E-state index in [4.69, 9.17) is 0 Å². The zero-order valence-electron chi connectivity index (χ0n) is 12.5. The van der Waals surface area contributed by atoms with Gasteiger partial charge in [0.2, 0.25) is 0 Å². The smallest absolute Gasteiger partial charge is 0.0289 e. The summed E-state index contributed by atoms with van der Waals surface area (Å²) in [5, 5.41) is 0.867. The molecule has 0 fully saturated rings. The topological polar surface area (TPSA) is 0 Å². The summed E-state index contributed by atoms with van der Waals surface area (Å²) in [6.45, 7) is 0. The third kappa shape index (κ3) is 2.77. The molecule has 3 aromatic carbocycles. The zero-order valence-corrected chi connectivity index (χ0v) is 14.9. The Hall–Kier alpha value is -1.77. The van der Waals surface area contributed by atoms with Gasteiger partial charge in [-0.05, 0) is 46.0 Å². The number of hydrogen-bond acceptors (Lipinski definition) is 1. The van der Waals surface area contributed by atoms with Crippen LogP contribution in [0.3, 0.4) is 0 Å². The minimum absolute atomic E-state index is 0.867. The first-order chi connectivity index (χ1) is 11.4. The maximum atomic E-state index is 3.63. The van der Waals surface area contributed by atoms with Crippen LogP contribution < -0.4 is 0 Å². The van der Waals surface area contributed by atoms with E-state index >= 15 is 0 Å². The predicted octanol–water partition coefficient (Wildman–Crippen LogP) is 6.64. The quantitative estimate of drug-likeness (QED) is 0.352. The Morgan fingerprint density at radius 3 is 2.30 bits per heavy atom. The highest BCUT2D eigenvalue weighted by molar-refractivity contribution is 9.08. The molecule has 112 valence electrons. The van der Waals surface area contributed by atoms with E-state index in [-0.39, 0.29) is 0 Å². The maximum absolute atomic E-state index is 3.63. The zero-order chi connectivity index (χ0) is 15.6. The Bertz CT molecular complexity index is 881. The van der Waals surface area contributed by atoms with Crippen molar-refractivity contribution in [2.45, 2.75) is 15.1 Å². The van der Waals surface area contributed by atoms with Gasteiger partial charge in [0, 0.05) is 15.1 Å². The molecule has 0 radical (unpaired) electrons. The molecule has 0 unspecified atom stereocenters. The fraction of sp³-hybridized carbons (Fsp3) is 0.0476. The lowest BCUT2D eigenvalue weighted by Gasteiger charge is -2.10. The average Bonchev–Trinajstić information content (AvgIpc) is 2.78. The van der Waals surface area contributed by atoms with E-state index < -0.39 is 0 Å². The number of rotatable bonds is 2. The van der Waals surface area contributed by atoms with Crippen molar-refractivity contribution in [1.29, 1.82) is 0 Å². The van der Waals surface area contributed by atoms with E-state index in [0.29, 0.717) is 0 Å². The Balaban J connectivity index is 2.02. The predicted molar refractivity (Wildman–Crippen MR) is 103 cm³/mol. The minimum Gasteiger partial charge on any atom is -0.0888 e. The van der Waals surface area contributed by atoms with Crippen LogP contribution in [0, 0.1) is 0 Å². The summed E-state index contributed by atoms with van der Waals surface area (Å²) in [7, 11) is 0. The van der Waals surface area contributed by atoms with Crippen molar-refractivity contribution < 1.29 is 0 Å². The second-order valence-corrected chi connectivity index (χ2v) is 7.13. The molecule has 0 N–H and O–H groups in total. The van der Waals surface area contributed by atoms with Gasteiger partial charge in [-0.1, -0.05) is 88.4 Å². The van der Waals surface area contributed by atoms with Gasteiger partial charge >= 0.3 is 0 Å². The van der Waals surface area contributed by atoms with Gasteiger partial charge in [0.05, 0.1) is 0 Å². The molecule has 0 spiro atoms. The fourth-order valence-electron chi connectivity index (χ4n) is 2.93. The number of alkyl halides is 1. The van der Waals surface area contributed by atoms with Gasteiger partial charge in [0.1, 0.15) is 0 Å².